The molecule has 0 unspecified atom stereocenters. The zero-order chi connectivity index (χ0) is 15.6. The van der Waals surface area contributed by atoms with Gasteiger partial charge in [-0.05, 0) is 50.7 Å². The van der Waals surface area contributed by atoms with E-state index in [1.165, 1.54) is 12.8 Å². The standard InChI is InChI=1S/C17H24N2O3.ClH/c1-21-14-7-6-12(11-19-16(20)17(18)8-9-17)15(10-14)22-13-4-2-3-5-13;/h6-7,10,13H,2-5,8-9,11,18H2,1H3,(H,19,20);1H. The Hall–Kier alpha value is -1.46. The number of benzene rings is 1. The fraction of sp³-hybridized carbons (Fsp3) is 0.588. The van der Waals surface area contributed by atoms with Crippen molar-refractivity contribution in [3.05, 3.63) is 23.8 Å². The van der Waals surface area contributed by atoms with Crippen molar-refractivity contribution >= 4 is 18.3 Å². The van der Waals surface area contributed by atoms with Crippen LogP contribution in [-0.4, -0.2) is 24.7 Å². The molecule has 1 aromatic rings. The summed E-state index contributed by atoms with van der Waals surface area (Å²) in [4.78, 5) is 12.0. The van der Waals surface area contributed by atoms with Gasteiger partial charge in [0.15, 0.2) is 0 Å². The average Bonchev–Trinajstić information content (AvgIpc) is 3.08. The number of carbonyl (C=O) groups excluding carboxylic acids is 1. The van der Waals surface area contributed by atoms with Crippen LogP contribution in [0.1, 0.15) is 44.1 Å². The Bertz CT molecular complexity index is 555. The fourth-order valence-corrected chi connectivity index (χ4v) is 2.82. The minimum absolute atomic E-state index is 0. The molecule has 3 N–H and O–H groups in total. The third-order valence-corrected chi connectivity index (χ3v) is 4.55. The lowest BCUT2D eigenvalue weighted by molar-refractivity contribution is -0.123. The number of carbonyl (C=O) groups is 1. The Balaban J connectivity index is 0.00000192. The van der Waals surface area contributed by atoms with Crippen molar-refractivity contribution in [2.24, 2.45) is 5.73 Å². The van der Waals surface area contributed by atoms with Crippen LogP contribution >= 0.6 is 12.4 Å². The van der Waals surface area contributed by atoms with Crippen molar-refractivity contribution in [2.75, 3.05) is 7.11 Å². The summed E-state index contributed by atoms with van der Waals surface area (Å²) in [5, 5.41) is 2.92. The third-order valence-electron chi connectivity index (χ3n) is 4.55. The molecule has 0 radical (unpaired) electrons. The molecule has 0 bridgehead atoms. The Morgan fingerprint density at radius 2 is 2.04 bits per heavy atom. The van der Waals surface area contributed by atoms with Gasteiger partial charge < -0.3 is 20.5 Å². The molecular formula is C17H25ClN2O3. The summed E-state index contributed by atoms with van der Waals surface area (Å²) >= 11 is 0. The normalized spacial score (nSPS) is 18.9. The second-order valence-corrected chi connectivity index (χ2v) is 6.34. The van der Waals surface area contributed by atoms with Crippen LogP contribution in [0.3, 0.4) is 0 Å². The number of ether oxygens (including phenoxy) is 2. The van der Waals surface area contributed by atoms with Gasteiger partial charge in [0.1, 0.15) is 11.5 Å². The molecule has 1 amide bonds. The molecule has 2 aliphatic rings. The van der Waals surface area contributed by atoms with Gasteiger partial charge >= 0.3 is 0 Å². The highest BCUT2D eigenvalue weighted by atomic mass is 35.5. The number of nitrogens with two attached hydrogens (primary N) is 1. The third kappa shape index (κ3) is 4.30. The average molecular weight is 341 g/mol. The van der Waals surface area contributed by atoms with Gasteiger partial charge in [0.2, 0.25) is 5.91 Å². The van der Waals surface area contributed by atoms with Gasteiger partial charge in [-0.1, -0.05) is 0 Å². The van der Waals surface area contributed by atoms with E-state index >= 15 is 0 Å². The van der Waals surface area contributed by atoms with Gasteiger partial charge in [-0.2, -0.15) is 0 Å². The van der Waals surface area contributed by atoms with Crippen LogP contribution in [0.2, 0.25) is 0 Å². The highest BCUT2D eigenvalue weighted by molar-refractivity contribution is 5.88. The Kier molecular flexibility index (Phi) is 5.76. The number of hydrogen-bond acceptors (Lipinski definition) is 4. The van der Waals surface area contributed by atoms with E-state index in [1.807, 2.05) is 18.2 Å². The van der Waals surface area contributed by atoms with E-state index in [1.54, 1.807) is 7.11 Å². The molecule has 2 saturated carbocycles. The number of methoxy groups -OCH3 is 1. The topological polar surface area (TPSA) is 73.6 Å². The Morgan fingerprint density at radius 3 is 2.65 bits per heavy atom. The molecule has 3 rings (SSSR count). The van der Waals surface area contributed by atoms with Gasteiger partial charge in [0.05, 0.1) is 18.8 Å². The summed E-state index contributed by atoms with van der Waals surface area (Å²) in [5.41, 5.74) is 6.23. The van der Waals surface area contributed by atoms with E-state index in [0.29, 0.717) is 6.54 Å². The maximum atomic E-state index is 12.0. The summed E-state index contributed by atoms with van der Waals surface area (Å²) in [7, 11) is 1.64. The summed E-state index contributed by atoms with van der Waals surface area (Å²) in [5.74, 6) is 1.49. The molecule has 0 atom stereocenters. The Morgan fingerprint density at radius 1 is 1.35 bits per heavy atom. The van der Waals surface area contributed by atoms with E-state index < -0.39 is 5.54 Å². The predicted octanol–water partition coefficient (Wildman–Crippen LogP) is 2.55. The van der Waals surface area contributed by atoms with Gasteiger partial charge in [0.25, 0.3) is 0 Å². The minimum Gasteiger partial charge on any atom is -0.497 e. The van der Waals surface area contributed by atoms with E-state index in [2.05, 4.69) is 5.32 Å². The first-order valence-electron chi connectivity index (χ1n) is 8.01. The molecule has 2 aliphatic carbocycles. The molecule has 0 spiro atoms. The number of nitrogens with one attached hydrogen (secondary N) is 1. The van der Waals surface area contributed by atoms with Crippen molar-refractivity contribution in [1.82, 2.24) is 5.32 Å². The van der Waals surface area contributed by atoms with Crippen LogP contribution in [0.25, 0.3) is 0 Å². The summed E-state index contributed by atoms with van der Waals surface area (Å²) in [6, 6.07) is 5.73. The molecule has 2 fully saturated rings. The van der Waals surface area contributed by atoms with Crippen LogP contribution < -0.4 is 20.5 Å². The first-order valence-corrected chi connectivity index (χ1v) is 8.01. The van der Waals surface area contributed by atoms with Crippen molar-refractivity contribution in [3.8, 4) is 11.5 Å². The molecular weight excluding hydrogens is 316 g/mol. The smallest absolute Gasteiger partial charge is 0.240 e. The highest BCUT2D eigenvalue weighted by Gasteiger charge is 2.45. The lowest BCUT2D eigenvalue weighted by Crippen LogP contribution is -2.42. The van der Waals surface area contributed by atoms with E-state index in [9.17, 15) is 4.79 Å². The molecule has 128 valence electrons. The van der Waals surface area contributed by atoms with Crippen molar-refractivity contribution < 1.29 is 14.3 Å². The second kappa shape index (κ2) is 7.41. The maximum absolute atomic E-state index is 12.0. The molecule has 0 heterocycles. The van der Waals surface area contributed by atoms with Crippen LogP contribution in [0, 0.1) is 0 Å². The second-order valence-electron chi connectivity index (χ2n) is 6.34. The zero-order valence-electron chi connectivity index (χ0n) is 13.5. The number of hydrogen-bond donors (Lipinski definition) is 2. The van der Waals surface area contributed by atoms with Crippen molar-refractivity contribution in [3.63, 3.8) is 0 Å². The summed E-state index contributed by atoms with van der Waals surface area (Å²) < 4.78 is 11.4. The minimum atomic E-state index is -0.640. The van der Waals surface area contributed by atoms with Crippen LogP contribution in [0.15, 0.2) is 18.2 Å². The monoisotopic (exact) mass is 340 g/mol. The quantitative estimate of drug-likeness (QED) is 0.834. The molecule has 0 aromatic heterocycles. The first-order chi connectivity index (χ1) is 10.6. The number of amides is 1. The lowest BCUT2D eigenvalue weighted by Gasteiger charge is -2.18. The molecule has 0 aliphatic heterocycles. The fourth-order valence-electron chi connectivity index (χ4n) is 2.82. The van der Waals surface area contributed by atoms with Crippen LogP contribution in [0.4, 0.5) is 0 Å². The molecule has 1 aromatic carbocycles. The highest BCUT2D eigenvalue weighted by Crippen LogP contribution is 2.33. The van der Waals surface area contributed by atoms with Gasteiger partial charge in [-0.25, -0.2) is 0 Å². The maximum Gasteiger partial charge on any atom is 0.240 e. The van der Waals surface area contributed by atoms with Gasteiger partial charge in [-0.3, -0.25) is 4.79 Å². The molecule has 6 heteroatoms. The van der Waals surface area contributed by atoms with Crippen LogP contribution in [0.5, 0.6) is 11.5 Å². The SMILES string of the molecule is COc1ccc(CNC(=O)C2(N)CC2)c(OC2CCCC2)c1.Cl. The lowest BCUT2D eigenvalue weighted by atomic mass is 10.1. The first kappa shape index (κ1) is 17.9. The van der Waals surface area contributed by atoms with Crippen molar-refractivity contribution in [2.45, 2.75) is 56.7 Å². The summed E-state index contributed by atoms with van der Waals surface area (Å²) in [6.45, 7) is 0.434. The Labute approximate surface area is 143 Å². The number of halogens is 1. The van der Waals surface area contributed by atoms with Crippen molar-refractivity contribution in [1.29, 1.82) is 0 Å². The molecule has 23 heavy (non-hydrogen) atoms. The van der Waals surface area contributed by atoms with E-state index in [4.69, 9.17) is 15.2 Å². The van der Waals surface area contributed by atoms with E-state index in [0.717, 1.165) is 42.7 Å². The molecule has 0 saturated heterocycles. The largest absolute Gasteiger partial charge is 0.497 e. The van der Waals surface area contributed by atoms with Gasteiger partial charge in [0, 0.05) is 18.2 Å². The number of rotatable bonds is 6. The zero-order valence-corrected chi connectivity index (χ0v) is 14.3. The van der Waals surface area contributed by atoms with Gasteiger partial charge in [-0.15, -0.1) is 12.4 Å². The van der Waals surface area contributed by atoms with Crippen LogP contribution in [-0.2, 0) is 11.3 Å². The predicted molar refractivity (Wildman–Crippen MR) is 91.1 cm³/mol. The van der Waals surface area contributed by atoms with E-state index in [-0.39, 0.29) is 24.4 Å². The molecule has 5 nitrogen and oxygen atoms in total. The summed E-state index contributed by atoms with van der Waals surface area (Å²) in [6.07, 6.45) is 6.43.